The van der Waals surface area contributed by atoms with Crippen molar-refractivity contribution in [3.8, 4) is 0 Å². The molecule has 0 aliphatic carbocycles. The molecule has 0 rings (SSSR count). The van der Waals surface area contributed by atoms with Gasteiger partial charge in [0, 0.05) is 0 Å². The molecule has 0 unspecified atom stereocenters. The van der Waals surface area contributed by atoms with Crippen LogP contribution in [0.5, 0.6) is 0 Å². The Bertz CT molecular complexity index is 25.1. The van der Waals surface area contributed by atoms with Gasteiger partial charge in [-0.2, -0.15) is 0 Å². The molecule has 32 valence electrons. The Hall–Kier alpha value is 0.970. The Morgan fingerprint density at radius 3 is 1.60 bits per heavy atom. The summed E-state index contributed by atoms with van der Waals surface area (Å²) in [5.41, 5.74) is 0. The second-order valence-electron chi connectivity index (χ2n) is 0.753. The highest BCUT2D eigenvalue weighted by molar-refractivity contribution is 8.12. The molecule has 0 aromatic carbocycles. The van der Waals surface area contributed by atoms with E-state index >= 15 is 0 Å². The van der Waals surface area contributed by atoms with Crippen molar-refractivity contribution in [3.63, 3.8) is 0 Å². The molecule has 0 aliphatic rings. The van der Waals surface area contributed by atoms with Crippen molar-refractivity contribution in [1.29, 1.82) is 0 Å². The van der Waals surface area contributed by atoms with Gasteiger partial charge in [-0.15, -0.1) is 0 Å². The molecule has 0 aromatic heterocycles. The van der Waals surface area contributed by atoms with Gasteiger partial charge in [-0.25, -0.2) is 4.89 Å². The zero-order valence-electron chi connectivity index (χ0n) is 2.65. The van der Waals surface area contributed by atoms with E-state index in [1.54, 1.807) is 0 Å². The van der Waals surface area contributed by atoms with Gasteiger partial charge in [0.05, 0.1) is 0 Å². The van der Waals surface area contributed by atoms with E-state index in [1.165, 1.54) is 6.66 Å². The molecule has 0 aromatic rings. The molecule has 0 spiro atoms. The summed E-state index contributed by atoms with van der Waals surface area (Å²) >= 11 is 9.92. The number of halogens is 2. The van der Waals surface area contributed by atoms with Crippen molar-refractivity contribution in [1.82, 2.24) is 0 Å². The first-order valence-corrected chi connectivity index (χ1v) is 4.98. The second kappa shape index (κ2) is 1.61. The molecule has 0 atom stereocenters. The normalized spacial score (nSPS) is 12.0. The molecule has 1 nitrogen and oxygen atoms in total. The summed E-state index contributed by atoms with van der Waals surface area (Å²) in [5, 5.41) is 0. The average Bonchev–Trinajstić information content (AvgIpc) is 0.722. The predicted octanol–water partition coefficient (Wildman–Crippen LogP) is 1.85. The van der Waals surface area contributed by atoms with E-state index in [-0.39, 0.29) is 0 Å². The summed E-state index contributed by atoms with van der Waals surface area (Å²) in [6.07, 6.45) is -2.44. The van der Waals surface area contributed by atoms with Crippen molar-refractivity contribution in [3.05, 3.63) is 0 Å². The van der Waals surface area contributed by atoms with Crippen LogP contribution in [-0.2, 0) is 0 Å². The first-order valence-electron chi connectivity index (χ1n) is 0.985. The molecule has 0 fully saturated rings. The van der Waals surface area contributed by atoms with Gasteiger partial charge in [0.2, 0.25) is 0 Å². The molecule has 0 bridgehead atoms. The second-order valence-corrected chi connectivity index (χ2v) is 6.73. The highest BCUT2D eigenvalue weighted by atomic mass is 35.9. The zero-order valence-corrected chi connectivity index (χ0v) is 5.06. The topological polar surface area (TPSA) is 20.2 Å². The lowest BCUT2D eigenvalue weighted by Crippen LogP contribution is -1.56. The van der Waals surface area contributed by atoms with Crippen LogP contribution in [0.25, 0.3) is 0 Å². The maximum Gasteiger partial charge on any atom is 0.332 e. The molecule has 0 radical (unpaired) electrons. The fraction of sp³-hybridized carbons (Fsp3) is 1.00. The average molecular weight is 134 g/mol. The minimum atomic E-state index is -2.44. The Balaban J connectivity index is 3.02. The molecule has 0 aliphatic heterocycles. The first-order chi connectivity index (χ1) is 2.00. The van der Waals surface area contributed by atoms with E-state index in [0.29, 0.717) is 0 Å². The predicted molar refractivity (Wildman–Crippen MR) is 26.8 cm³/mol. The highest BCUT2D eigenvalue weighted by Crippen LogP contribution is 2.61. The third-order valence-corrected chi connectivity index (χ3v) is 0. The summed E-state index contributed by atoms with van der Waals surface area (Å²) in [5.74, 6) is 0. The minimum absolute atomic E-state index is 1.39. The number of hydrogen-bond acceptors (Lipinski definition) is 1. The van der Waals surface area contributed by atoms with Gasteiger partial charge in [0.15, 0.2) is 0 Å². The first kappa shape index (κ1) is 5.97. The lowest BCUT2D eigenvalue weighted by molar-refractivity contribution is 0.640. The van der Waals surface area contributed by atoms with Crippen LogP contribution < -0.4 is 0 Å². The summed E-state index contributed by atoms with van der Waals surface area (Å²) in [4.78, 5) is 8.16. The fourth-order valence-electron chi connectivity index (χ4n) is 0. The van der Waals surface area contributed by atoms with Crippen LogP contribution in [-0.4, -0.2) is 11.6 Å². The maximum atomic E-state index is 8.16. The van der Waals surface area contributed by atoms with Crippen LogP contribution in [0.2, 0.25) is 0 Å². The van der Waals surface area contributed by atoms with Crippen LogP contribution in [0.1, 0.15) is 0 Å². The minimum Gasteiger partial charge on any atom is -0.215 e. The summed E-state index contributed by atoms with van der Waals surface area (Å²) in [7, 11) is 0. The fourth-order valence-corrected chi connectivity index (χ4v) is 0. The van der Waals surface area contributed by atoms with Crippen molar-refractivity contribution < 1.29 is 4.89 Å². The zero-order chi connectivity index (χ0) is 4.50. The third-order valence-electron chi connectivity index (χ3n) is 0. The maximum absolute atomic E-state index is 8.16. The van der Waals surface area contributed by atoms with E-state index in [0.717, 1.165) is 0 Å². The van der Waals surface area contributed by atoms with Crippen LogP contribution in [0, 0.1) is 0 Å². The lowest BCUT2D eigenvalue weighted by Gasteiger charge is -1.82. The van der Waals surface area contributed by atoms with Crippen molar-refractivity contribution in [2.75, 3.05) is 6.66 Å². The number of hydrogen-bond donors (Lipinski definition) is 1. The molecule has 0 heterocycles. The molecule has 4 heteroatoms. The highest BCUT2D eigenvalue weighted by Gasteiger charge is 2.20. The third kappa shape index (κ3) is 46.6. The summed E-state index contributed by atoms with van der Waals surface area (Å²) in [6.45, 7) is 1.39. The van der Waals surface area contributed by atoms with Gasteiger partial charge in [-0.3, -0.25) is 0 Å². The lowest BCUT2D eigenvalue weighted by atomic mass is 12.0. The monoisotopic (exact) mass is 133 g/mol. The van der Waals surface area contributed by atoms with Crippen LogP contribution in [0.3, 0.4) is 0 Å². The Morgan fingerprint density at radius 1 is 1.60 bits per heavy atom. The Kier molecular flexibility index (Phi) is 1.93. The van der Waals surface area contributed by atoms with Gasteiger partial charge in [-0.05, 0) is 0 Å². The van der Waals surface area contributed by atoms with Gasteiger partial charge in [-0.1, -0.05) is 0 Å². The van der Waals surface area contributed by atoms with E-state index < -0.39 is 6.19 Å². The molecule has 0 saturated carbocycles. The van der Waals surface area contributed by atoms with Gasteiger partial charge >= 0.3 is 6.19 Å². The van der Waals surface area contributed by atoms with Crippen LogP contribution in [0.4, 0.5) is 0 Å². The van der Waals surface area contributed by atoms with Crippen molar-refractivity contribution >= 4 is 28.7 Å². The van der Waals surface area contributed by atoms with E-state index in [1.807, 2.05) is 0 Å². The molecule has 0 amide bonds. The largest absolute Gasteiger partial charge is 0.332 e. The molecular formula is CH4Cl2OP+. The van der Waals surface area contributed by atoms with Crippen molar-refractivity contribution in [2.45, 2.75) is 0 Å². The molecule has 0 saturated heterocycles. The molecule has 1 N–H and O–H groups in total. The van der Waals surface area contributed by atoms with Gasteiger partial charge in [0.25, 0.3) is 0 Å². The van der Waals surface area contributed by atoms with Crippen LogP contribution in [0.15, 0.2) is 0 Å². The van der Waals surface area contributed by atoms with Crippen molar-refractivity contribution in [2.24, 2.45) is 0 Å². The van der Waals surface area contributed by atoms with E-state index in [9.17, 15) is 0 Å². The van der Waals surface area contributed by atoms with Gasteiger partial charge in [0.1, 0.15) is 29.1 Å². The van der Waals surface area contributed by atoms with Crippen LogP contribution >= 0.6 is 28.7 Å². The quantitative estimate of drug-likeness (QED) is 0.501. The van der Waals surface area contributed by atoms with Gasteiger partial charge < -0.3 is 0 Å². The van der Waals surface area contributed by atoms with E-state index in [2.05, 4.69) is 0 Å². The Morgan fingerprint density at radius 2 is 1.60 bits per heavy atom. The molecular weight excluding hydrogens is 130 g/mol. The summed E-state index contributed by atoms with van der Waals surface area (Å²) < 4.78 is 0. The van der Waals surface area contributed by atoms with E-state index in [4.69, 9.17) is 27.4 Å². The molecule has 5 heavy (non-hydrogen) atoms. The number of rotatable bonds is 0. The standard InChI is InChI=1S/CH4Cl2OP/c1-5(2,3)4/h4H,1H3/q+1. The SMILES string of the molecule is C[P+](O)(Cl)Cl. The summed E-state index contributed by atoms with van der Waals surface area (Å²) in [6, 6.07) is 0. The Labute approximate surface area is 40.9 Å². The smallest absolute Gasteiger partial charge is 0.215 e.